The second kappa shape index (κ2) is 7.75. The van der Waals surface area contributed by atoms with Gasteiger partial charge in [-0.1, -0.05) is 6.08 Å². The highest BCUT2D eigenvalue weighted by Gasteiger charge is 2.38. The molecule has 142 valence electrons. The van der Waals surface area contributed by atoms with Crippen molar-refractivity contribution >= 4 is 28.8 Å². The quantitative estimate of drug-likeness (QED) is 0.343. The fourth-order valence-electron chi connectivity index (χ4n) is 2.82. The molecule has 8 nitrogen and oxygen atoms in total. The first-order valence-corrected chi connectivity index (χ1v) is 8.33. The van der Waals surface area contributed by atoms with Crippen LogP contribution in [0, 0.1) is 10.1 Å². The molecule has 0 fully saturated rings. The number of nitro groups is 1. The van der Waals surface area contributed by atoms with Gasteiger partial charge in [0.25, 0.3) is 17.5 Å². The van der Waals surface area contributed by atoms with E-state index in [1.165, 1.54) is 30.3 Å². The van der Waals surface area contributed by atoms with Gasteiger partial charge in [0.15, 0.2) is 0 Å². The van der Waals surface area contributed by atoms with Crippen molar-refractivity contribution in [2.75, 3.05) is 19.0 Å². The number of hydrogen-bond acceptors (Lipinski definition) is 6. The molecule has 1 aliphatic rings. The number of amides is 2. The van der Waals surface area contributed by atoms with Crippen molar-refractivity contribution < 1.29 is 19.2 Å². The Bertz CT molecular complexity index is 978. The number of nitrogens with one attached hydrogen (secondary N) is 1. The number of anilines is 1. The number of hydrogen-bond donors (Lipinski definition) is 1. The first-order chi connectivity index (χ1) is 13.5. The molecule has 0 aliphatic carbocycles. The Morgan fingerprint density at radius 1 is 1.11 bits per heavy atom. The summed E-state index contributed by atoms with van der Waals surface area (Å²) in [6.45, 7) is 3.63. The van der Waals surface area contributed by atoms with E-state index in [2.05, 4.69) is 11.9 Å². The van der Waals surface area contributed by atoms with Gasteiger partial charge in [-0.3, -0.25) is 24.6 Å². The number of non-ortho nitro benzene ring substituents is 1. The average Bonchev–Trinajstić information content (AvgIpc) is 2.93. The lowest BCUT2D eigenvalue weighted by Crippen LogP contribution is -2.32. The summed E-state index contributed by atoms with van der Waals surface area (Å²) in [7, 11) is 1.55. The number of rotatable bonds is 7. The van der Waals surface area contributed by atoms with Crippen LogP contribution in [0.4, 0.5) is 11.4 Å². The van der Waals surface area contributed by atoms with Gasteiger partial charge < -0.3 is 10.1 Å². The van der Waals surface area contributed by atoms with Gasteiger partial charge >= 0.3 is 0 Å². The van der Waals surface area contributed by atoms with E-state index in [0.29, 0.717) is 17.0 Å². The molecule has 1 heterocycles. The van der Waals surface area contributed by atoms with Crippen LogP contribution in [0.1, 0.15) is 5.56 Å². The molecule has 1 N–H and O–H groups in total. The van der Waals surface area contributed by atoms with Gasteiger partial charge in [0.2, 0.25) is 0 Å². The minimum absolute atomic E-state index is 0.0575. The van der Waals surface area contributed by atoms with Crippen LogP contribution < -0.4 is 10.1 Å². The van der Waals surface area contributed by atoms with E-state index in [0.717, 1.165) is 4.90 Å². The first kappa shape index (κ1) is 18.8. The van der Waals surface area contributed by atoms with Gasteiger partial charge in [-0.15, -0.1) is 6.58 Å². The molecular weight excluding hydrogens is 362 g/mol. The number of carbonyl (C=O) groups is 2. The molecule has 0 atom stereocenters. The van der Waals surface area contributed by atoms with Gasteiger partial charge in [0.1, 0.15) is 11.4 Å². The molecule has 2 aromatic carbocycles. The van der Waals surface area contributed by atoms with Crippen LogP contribution in [-0.2, 0) is 9.59 Å². The summed E-state index contributed by atoms with van der Waals surface area (Å²) >= 11 is 0. The zero-order valence-corrected chi connectivity index (χ0v) is 15.0. The lowest BCUT2D eigenvalue weighted by molar-refractivity contribution is -0.384. The Hall–Kier alpha value is -3.94. The predicted octanol–water partition coefficient (Wildman–Crippen LogP) is 2.98. The molecule has 0 spiro atoms. The highest BCUT2D eigenvalue weighted by atomic mass is 16.6. The van der Waals surface area contributed by atoms with Crippen LogP contribution in [0.3, 0.4) is 0 Å². The number of carbonyl (C=O) groups excluding carboxylic acids is 2. The average molecular weight is 379 g/mol. The molecule has 0 saturated carbocycles. The Morgan fingerprint density at radius 3 is 2.29 bits per heavy atom. The smallest absolute Gasteiger partial charge is 0.278 e. The van der Waals surface area contributed by atoms with Crippen molar-refractivity contribution in [1.29, 1.82) is 0 Å². The van der Waals surface area contributed by atoms with Crippen LogP contribution in [0.5, 0.6) is 5.75 Å². The van der Waals surface area contributed by atoms with Crippen LogP contribution in [0.25, 0.3) is 5.57 Å². The van der Waals surface area contributed by atoms with E-state index in [1.54, 1.807) is 31.4 Å². The van der Waals surface area contributed by atoms with Crippen LogP contribution in [0.2, 0.25) is 0 Å². The van der Waals surface area contributed by atoms with Crippen molar-refractivity contribution in [1.82, 2.24) is 4.90 Å². The maximum Gasteiger partial charge on any atom is 0.278 e. The number of nitro benzene ring substituents is 1. The number of imide groups is 1. The normalized spacial score (nSPS) is 13.7. The lowest BCUT2D eigenvalue weighted by Gasteiger charge is -2.12. The van der Waals surface area contributed by atoms with Crippen LogP contribution in [0.15, 0.2) is 66.9 Å². The Balaban J connectivity index is 2.04. The van der Waals surface area contributed by atoms with Crippen LogP contribution in [-0.4, -0.2) is 35.3 Å². The molecule has 1 aliphatic heterocycles. The van der Waals surface area contributed by atoms with Crippen molar-refractivity contribution in [2.24, 2.45) is 0 Å². The minimum Gasteiger partial charge on any atom is -0.497 e. The summed E-state index contributed by atoms with van der Waals surface area (Å²) in [4.78, 5) is 37.0. The second-order valence-corrected chi connectivity index (χ2v) is 5.92. The van der Waals surface area contributed by atoms with E-state index in [9.17, 15) is 19.7 Å². The number of nitrogens with zero attached hydrogens (tertiary/aromatic N) is 2. The van der Waals surface area contributed by atoms with Gasteiger partial charge in [-0.05, 0) is 42.0 Å². The van der Waals surface area contributed by atoms with Gasteiger partial charge in [0, 0.05) is 24.4 Å². The predicted molar refractivity (Wildman–Crippen MR) is 104 cm³/mol. The minimum atomic E-state index is -0.527. The summed E-state index contributed by atoms with van der Waals surface area (Å²) in [5.74, 6) is -0.332. The van der Waals surface area contributed by atoms with E-state index in [4.69, 9.17) is 4.74 Å². The SMILES string of the molecule is C=CCN1C(=O)C(Nc2ccc(OC)cc2)=C(c2ccc([N+](=O)[O-])cc2)C1=O. The van der Waals surface area contributed by atoms with Gasteiger partial charge in [-0.25, -0.2) is 0 Å². The molecule has 28 heavy (non-hydrogen) atoms. The molecule has 0 bridgehead atoms. The Morgan fingerprint density at radius 2 is 1.75 bits per heavy atom. The standard InChI is InChI=1S/C20H17N3O5/c1-3-12-22-19(24)17(13-4-8-15(9-5-13)23(26)27)18(20(22)25)21-14-6-10-16(28-2)11-7-14/h3-11,21H,1,12H2,2H3. The molecule has 0 aromatic heterocycles. The monoisotopic (exact) mass is 379 g/mol. The fourth-order valence-corrected chi connectivity index (χ4v) is 2.82. The first-order valence-electron chi connectivity index (χ1n) is 8.33. The van der Waals surface area contributed by atoms with Crippen molar-refractivity contribution in [3.8, 4) is 5.75 Å². The van der Waals surface area contributed by atoms with Crippen molar-refractivity contribution in [3.05, 3.63) is 82.6 Å². The van der Waals surface area contributed by atoms with Gasteiger partial charge in [0.05, 0.1) is 17.6 Å². The number of benzene rings is 2. The van der Waals surface area contributed by atoms with Gasteiger partial charge in [-0.2, -0.15) is 0 Å². The van der Waals surface area contributed by atoms with Crippen LogP contribution >= 0.6 is 0 Å². The summed E-state index contributed by atoms with van der Waals surface area (Å²) in [6.07, 6.45) is 1.46. The third-order valence-electron chi connectivity index (χ3n) is 4.21. The third-order valence-corrected chi connectivity index (χ3v) is 4.21. The van der Waals surface area contributed by atoms with E-state index in [-0.39, 0.29) is 23.5 Å². The fraction of sp³-hybridized carbons (Fsp3) is 0.100. The third kappa shape index (κ3) is 3.48. The molecule has 2 amide bonds. The zero-order chi connectivity index (χ0) is 20.3. The highest BCUT2D eigenvalue weighted by Crippen LogP contribution is 2.31. The number of methoxy groups -OCH3 is 1. The van der Waals surface area contributed by atoms with E-state index < -0.39 is 16.7 Å². The molecular formula is C20H17N3O5. The molecule has 0 saturated heterocycles. The molecule has 3 rings (SSSR count). The lowest BCUT2D eigenvalue weighted by atomic mass is 10.0. The maximum atomic E-state index is 12.8. The highest BCUT2D eigenvalue weighted by molar-refractivity contribution is 6.36. The Labute approximate surface area is 160 Å². The van der Waals surface area contributed by atoms with Crippen molar-refractivity contribution in [3.63, 3.8) is 0 Å². The largest absolute Gasteiger partial charge is 0.497 e. The zero-order valence-electron chi connectivity index (χ0n) is 15.0. The Kier molecular flexibility index (Phi) is 5.21. The topological polar surface area (TPSA) is 102 Å². The molecule has 2 aromatic rings. The molecule has 0 unspecified atom stereocenters. The molecule has 0 radical (unpaired) electrons. The van der Waals surface area contributed by atoms with E-state index in [1.807, 2.05) is 0 Å². The molecule has 8 heteroatoms. The second-order valence-electron chi connectivity index (χ2n) is 5.92. The van der Waals surface area contributed by atoms with E-state index >= 15 is 0 Å². The van der Waals surface area contributed by atoms with Crippen molar-refractivity contribution in [2.45, 2.75) is 0 Å². The number of ether oxygens (including phenoxy) is 1. The summed E-state index contributed by atoms with van der Waals surface area (Å²) < 4.78 is 5.11. The summed E-state index contributed by atoms with van der Waals surface area (Å²) in [5.41, 5.74) is 1.15. The summed E-state index contributed by atoms with van der Waals surface area (Å²) in [5, 5.41) is 13.9. The summed E-state index contributed by atoms with van der Waals surface area (Å²) in [6, 6.07) is 12.4. The maximum absolute atomic E-state index is 12.8.